The summed E-state index contributed by atoms with van der Waals surface area (Å²) in [6, 6.07) is 84.1. The first-order chi connectivity index (χ1) is 29.7. The molecule has 0 saturated heterocycles. The van der Waals surface area contributed by atoms with Crippen molar-refractivity contribution in [1.82, 2.24) is 0 Å². The van der Waals surface area contributed by atoms with Gasteiger partial charge in [-0.15, -0.1) is 0 Å². The van der Waals surface area contributed by atoms with E-state index >= 15 is 0 Å². The van der Waals surface area contributed by atoms with E-state index < -0.39 is 0 Å². The van der Waals surface area contributed by atoms with E-state index in [1.807, 2.05) is 0 Å². The van der Waals surface area contributed by atoms with E-state index in [2.05, 4.69) is 241 Å². The van der Waals surface area contributed by atoms with Gasteiger partial charge in [-0.1, -0.05) is 188 Å². The predicted molar refractivity (Wildman–Crippen MR) is 256 cm³/mol. The minimum Gasteiger partial charge on any atom is -0.311 e. The van der Waals surface area contributed by atoms with Gasteiger partial charge in [-0.2, -0.15) is 0 Å². The maximum atomic E-state index is 2.36. The molecule has 0 saturated carbocycles. The van der Waals surface area contributed by atoms with Gasteiger partial charge >= 0.3 is 0 Å². The van der Waals surface area contributed by atoms with E-state index in [1.54, 1.807) is 0 Å². The van der Waals surface area contributed by atoms with Crippen LogP contribution < -0.4 is 4.90 Å². The fraction of sp³-hybridized carbons (Fsp3) is 0.0169. The van der Waals surface area contributed by atoms with Gasteiger partial charge in [-0.05, 0) is 143 Å². The number of anilines is 3. The third-order valence-electron chi connectivity index (χ3n) is 12.1. The quantitative estimate of drug-likeness (QED) is 0.149. The van der Waals surface area contributed by atoms with Crippen LogP contribution in [0.5, 0.6) is 0 Å². The molecule has 1 nitrogen and oxygen atoms in total. The summed E-state index contributed by atoms with van der Waals surface area (Å²) in [6.45, 7) is 0. The Morgan fingerprint density at radius 2 is 0.600 bits per heavy atom. The average Bonchev–Trinajstić information content (AvgIpc) is 3.77. The molecule has 10 aromatic carbocycles. The Morgan fingerprint density at radius 3 is 1.03 bits per heavy atom. The van der Waals surface area contributed by atoms with Gasteiger partial charge in [-0.25, -0.2) is 0 Å². The van der Waals surface area contributed by atoms with Gasteiger partial charge in [0.05, 0.1) is 0 Å². The minimum atomic E-state index is 0.967. The zero-order valence-electron chi connectivity index (χ0n) is 33.2. The molecule has 0 heterocycles. The van der Waals surface area contributed by atoms with Crippen LogP contribution in [0, 0.1) is 0 Å². The van der Waals surface area contributed by atoms with Crippen molar-refractivity contribution in [3.05, 3.63) is 247 Å². The molecule has 1 aliphatic rings. The maximum absolute atomic E-state index is 2.36. The van der Waals surface area contributed by atoms with Gasteiger partial charge in [0.2, 0.25) is 0 Å². The molecule has 0 amide bonds. The molecule has 1 heteroatoms. The smallest absolute Gasteiger partial charge is 0.0462 e. The Hall–Kier alpha value is -7.74. The van der Waals surface area contributed by atoms with Crippen LogP contribution in [0.2, 0.25) is 0 Å². The normalized spacial score (nSPS) is 12.0. The number of hydrogen-bond donors (Lipinski definition) is 0. The van der Waals surface area contributed by atoms with Gasteiger partial charge in [0, 0.05) is 17.1 Å². The molecule has 0 spiro atoms. The highest BCUT2D eigenvalue weighted by atomic mass is 15.1. The van der Waals surface area contributed by atoms with Crippen molar-refractivity contribution in [3.63, 3.8) is 0 Å². The van der Waals surface area contributed by atoms with E-state index in [0.29, 0.717) is 0 Å². The topological polar surface area (TPSA) is 3.24 Å². The highest BCUT2D eigenvalue weighted by Crippen LogP contribution is 2.39. The number of fused-ring (bicyclic) bond motifs is 3. The molecule has 0 atom stereocenters. The molecular weight excluding hydrogens is 723 g/mol. The fourth-order valence-corrected chi connectivity index (χ4v) is 8.79. The SMILES string of the molecule is C1=C(c2ccc(N(c3ccc(-c4ccc(-c5ccc6ccccc6c5)cc4)cc3)c3ccc(-c4ccc(-c5ccc6ccccc6c5)cc4)cc3)cc2)Cc2ccccc21. The number of allylic oxidation sites excluding steroid dienone is 1. The molecule has 0 radical (unpaired) electrons. The predicted octanol–water partition coefficient (Wildman–Crippen LogP) is 16.2. The molecule has 0 aliphatic heterocycles. The van der Waals surface area contributed by atoms with Crippen molar-refractivity contribution in [3.8, 4) is 44.5 Å². The lowest BCUT2D eigenvalue weighted by atomic mass is 9.98. The number of nitrogens with zero attached hydrogens (tertiary/aromatic N) is 1. The first-order valence-corrected chi connectivity index (χ1v) is 20.8. The van der Waals surface area contributed by atoms with Crippen molar-refractivity contribution in [1.29, 1.82) is 0 Å². The van der Waals surface area contributed by atoms with E-state index in [-0.39, 0.29) is 0 Å². The minimum absolute atomic E-state index is 0.967. The number of hydrogen-bond acceptors (Lipinski definition) is 1. The summed E-state index contributed by atoms with van der Waals surface area (Å²) < 4.78 is 0. The number of rotatable bonds is 8. The van der Waals surface area contributed by atoms with E-state index in [9.17, 15) is 0 Å². The zero-order chi connectivity index (χ0) is 39.8. The summed E-state index contributed by atoms with van der Waals surface area (Å²) >= 11 is 0. The molecule has 0 aromatic heterocycles. The van der Waals surface area contributed by atoms with Gasteiger partial charge < -0.3 is 4.90 Å². The van der Waals surface area contributed by atoms with Crippen molar-refractivity contribution in [2.24, 2.45) is 0 Å². The van der Waals surface area contributed by atoms with Crippen molar-refractivity contribution in [2.45, 2.75) is 6.42 Å². The summed E-state index contributed by atoms with van der Waals surface area (Å²) in [6.07, 6.45) is 3.30. The monoisotopic (exact) mass is 763 g/mol. The molecule has 0 bridgehead atoms. The summed E-state index contributed by atoms with van der Waals surface area (Å²) in [4.78, 5) is 2.36. The fourth-order valence-electron chi connectivity index (χ4n) is 8.79. The standard InChI is InChI=1S/C59H41N/c1-3-9-50-37-54(23-21-41(50)7-1)47-17-13-43(14-18-47)45-25-31-57(32-26-45)60(59-35-29-49(30-36-59)56-39-52-11-5-6-12-53(52)40-56)58-33-27-46(28-34-58)44-15-19-48(20-16-44)55-24-22-42-8-2-4-10-51(42)38-55/h1-39H,40H2. The molecule has 11 rings (SSSR count). The van der Waals surface area contributed by atoms with Crippen LogP contribution in [-0.4, -0.2) is 0 Å². The van der Waals surface area contributed by atoms with Gasteiger partial charge in [-0.3, -0.25) is 0 Å². The van der Waals surface area contributed by atoms with Crippen LogP contribution in [-0.2, 0) is 6.42 Å². The first kappa shape index (κ1) is 35.4. The largest absolute Gasteiger partial charge is 0.311 e. The Morgan fingerprint density at radius 1 is 0.267 bits per heavy atom. The first-order valence-electron chi connectivity index (χ1n) is 20.8. The van der Waals surface area contributed by atoms with Crippen LogP contribution in [0.1, 0.15) is 16.7 Å². The van der Waals surface area contributed by atoms with Crippen LogP contribution in [0.25, 0.3) is 77.7 Å². The molecular formula is C59H41N. The Bertz CT molecular complexity index is 3010. The second-order valence-electron chi connectivity index (χ2n) is 15.8. The third-order valence-corrected chi connectivity index (χ3v) is 12.1. The van der Waals surface area contributed by atoms with Gasteiger partial charge in [0.25, 0.3) is 0 Å². The molecule has 10 aromatic rings. The molecule has 1 aliphatic carbocycles. The second-order valence-corrected chi connectivity index (χ2v) is 15.8. The lowest BCUT2D eigenvalue weighted by Crippen LogP contribution is -2.10. The van der Waals surface area contributed by atoms with Crippen molar-refractivity contribution >= 4 is 50.3 Å². The Balaban J connectivity index is 0.885. The second kappa shape index (κ2) is 15.2. The zero-order valence-corrected chi connectivity index (χ0v) is 33.2. The summed E-state index contributed by atoms with van der Waals surface area (Å²) in [5.41, 5.74) is 18.4. The third kappa shape index (κ3) is 6.87. The van der Waals surface area contributed by atoms with Crippen LogP contribution >= 0.6 is 0 Å². The number of benzene rings is 10. The van der Waals surface area contributed by atoms with Crippen LogP contribution in [0.3, 0.4) is 0 Å². The molecule has 0 N–H and O–H groups in total. The molecule has 0 fully saturated rings. The van der Waals surface area contributed by atoms with Crippen molar-refractivity contribution < 1.29 is 0 Å². The lowest BCUT2D eigenvalue weighted by molar-refractivity contribution is 1.27. The van der Waals surface area contributed by atoms with Gasteiger partial charge in [0.1, 0.15) is 0 Å². The summed E-state index contributed by atoms with van der Waals surface area (Å²) in [7, 11) is 0. The highest BCUT2D eigenvalue weighted by Gasteiger charge is 2.17. The molecule has 282 valence electrons. The maximum Gasteiger partial charge on any atom is 0.0462 e. The van der Waals surface area contributed by atoms with Crippen molar-refractivity contribution in [2.75, 3.05) is 4.90 Å². The lowest BCUT2D eigenvalue weighted by Gasteiger charge is -2.26. The molecule has 60 heavy (non-hydrogen) atoms. The van der Waals surface area contributed by atoms with E-state index in [4.69, 9.17) is 0 Å². The molecule has 0 unspecified atom stereocenters. The summed E-state index contributed by atoms with van der Waals surface area (Å²) in [5, 5.41) is 5.05. The van der Waals surface area contributed by atoms with Crippen LogP contribution in [0.15, 0.2) is 231 Å². The Labute approximate surface area is 351 Å². The average molecular weight is 764 g/mol. The summed E-state index contributed by atoms with van der Waals surface area (Å²) in [5.74, 6) is 0. The van der Waals surface area contributed by atoms with E-state index in [1.165, 1.54) is 88.3 Å². The highest BCUT2D eigenvalue weighted by molar-refractivity contribution is 5.91. The Kier molecular flexibility index (Phi) is 8.98. The van der Waals surface area contributed by atoms with Gasteiger partial charge in [0.15, 0.2) is 0 Å². The van der Waals surface area contributed by atoms with Crippen LogP contribution in [0.4, 0.5) is 17.1 Å². The van der Waals surface area contributed by atoms with E-state index in [0.717, 1.165) is 23.5 Å².